The van der Waals surface area contributed by atoms with Crippen molar-refractivity contribution in [3.63, 3.8) is 0 Å². The highest BCUT2D eigenvalue weighted by Gasteiger charge is 2.10. The van der Waals surface area contributed by atoms with Gasteiger partial charge in [0.05, 0.1) is 8.95 Å². The molecule has 6 heteroatoms. The van der Waals surface area contributed by atoms with Crippen LogP contribution in [0.2, 0.25) is 0 Å². The Balaban J connectivity index is 0.00000196. The smallest absolute Gasteiger partial charge is 0.143 e. The van der Waals surface area contributed by atoms with Crippen molar-refractivity contribution < 1.29 is 5.11 Å². The average Bonchev–Trinajstić information content (AvgIpc) is 2.13. The van der Waals surface area contributed by atoms with Gasteiger partial charge in [0.25, 0.3) is 0 Å². The van der Waals surface area contributed by atoms with Crippen LogP contribution in [0, 0.1) is 0 Å². The molecule has 0 aliphatic rings. The number of halogens is 3. The lowest BCUT2D eigenvalue weighted by Gasteiger charge is -2.12. The molecule has 0 heterocycles. The molecule has 0 amide bonds. The second-order valence-corrected chi connectivity index (χ2v) is 4.73. The van der Waals surface area contributed by atoms with Crippen LogP contribution >= 0.6 is 44.3 Å². The molecule has 0 aromatic heterocycles. The zero-order chi connectivity index (χ0) is 10.7. The van der Waals surface area contributed by atoms with Gasteiger partial charge in [-0.3, -0.25) is 0 Å². The summed E-state index contributed by atoms with van der Waals surface area (Å²) in [5, 5.41) is 9.48. The first kappa shape index (κ1) is 15.2. The van der Waals surface area contributed by atoms with Gasteiger partial charge in [-0.2, -0.15) is 0 Å². The van der Waals surface area contributed by atoms with Gasteiger partial charge in [-0.1, -0.05) is 0 Å². The maximum absolute atomic E-state index is 9.48. The minimum Gasteiger partial charge on any atom is -0.506 e. The van der Waals surface area contributed by atoms with E-state index in [4.69, 9.17) is 11.5 Å². The summed E-state index contributed by atoms with van der Waals surface area (Å²) < 4.78 is 1.27. The van der Waals surface area contributed by atoms with Crippen molar-refractivity contribution in [3.05, 3.63) is 26.6 Å². The molecule has 0 unspecified atom stereocenters. The molecule has 1 rings (SSSR count). The number of rotatable bonds is 3. The Kier molecular flexibility index (Phi) is 6.79. The monoisotopic (exact) mass is 358 g/mol. The summed E-state index contributed by atoms with van der Waals surface area (Å²) in [5.74, 6) is 0.189. The molecule has 0 fully saturated rings. The van der Waals surface area contributed by atoms with Gasteiger partial charge in [0, 0.05) is 6.04 Å². The molecule has 0 saturated heterocycles. The van der Waals surface area contributed by atoms with E-state index in [9.17, 15) is 5.11 Å². The Morgan fingerprint density at radius 1 is 1.27 bits per heavy atom. The zero-order valence-electron chi connectivity index (χ0n) is 7.91. The fraction of sp³-hybridized carbons (Fsp3) is 0.333. The standard InChI is InChI=1S/C9H12Br2N2O.ClH/c10-6-3-5(8(13)1-2-12)4-7(11)9(6)14;/h3-4,8,14H,1-2,12-13H2;1H/t8-;/m0./s1. The molecule has 0 aliphatic carbocycles. The Bertz CT molecular complexity index is 313. The van der Waals surface area contributed by atoms with Gasteiger partial charge in [0.15, 0.2) is 0 Å². The first-order valence-electron chi connectivity index (χ1n) is 4.19. The van der Waals surface area contributed by atoms with Crippen molar-refractivity contribution in [2.24, 2.45) is 11.5 Å². The largest absolute Gasteiger partial charge is 0.506 e. The molecule has 0 saturated carbocycles. The van der Waals surface area contributed by atoms with Gasteiger partial charge in [-0.25, -0.2) is 0 Å². The molecule has 86 valence electrons. The molecule has 0 bridgehead atoms. The SMILES string of the molecule is Cl.NCC[C@H](N)c1cc(Br)c(O)c(Br)c1. The number of phenols is 1. The van der Waals surface area contributed by atoms with E-state index in [1.54, 1.807) is 12.1 Å². The Labute approximate surface area is 112 Å². The average molecular weight is 360 g/mol. The minimum atomic E-state index is -0.0896. The fourth-order valence-corrected chi connectivity index (χ4v) is 2.37. The summed E-state index contributed by atoms with van der Waals surface area (Å²) in [5.41, 5.74) is 12.3. The Morgan fingerprint density at radius 2 is 1.73 bits per heavy atom. The molecule has 1 aromatic carbocycles. The van der Waals surface area contributed by atoms with Crippen molar-refractivity contribution in [2.75, 3.05) is 6.54 Å². The summed E-state index contributed by atoms with van der Waals surface area (Å²) in [6, 6.07) is 3.52. The quantitative estimate of drug-likeness (QED) is 0.776. The van der Waals surface area contributed by atoms with E-state index >= 15 is 0 Å². The number of nitrogens with two attached hydrogens (primary N) is 2. The Hall–Kier alpha value is 0.190. The molecule has 0 spiro atoms. The maximum atomic E-state index is 9.48. The molecule has 0 radical (unpaired) electrons. The lowest BCUT2D eigenvalue weighted by Crippen LogP contribution is -2.15. The van der Waals surface area contributed by atoms with E-state index < -0.39 is 0 Å². The molecular weight excluding hydrogens is 347 g/mol. The van der Waals surface area contributed by atoms with Gasteiger partial charge in [-0.05, 0) is 62.5 Å². The third-order valence-electron chi connectivity index (χ3n) is 1.95. The van der Waals surface area contributed by atoms with E-state index in [1.165, 1.54) is 0 Å². The maximum Gasteiger partial charge on any atom is 0.143 e. The van der Waals surface area contributed by atoms with Crippen LogP contribution in [0.5, 0.6) is 5.75 Å². The molecule has 1 aromatic rings. The highest BCUT2D eigenvalue weighted by atomic mass is 79.9. The summed E-state index contributed by atoms with van der Waals surface area (Å²) in [6.45, 7) is 0.553. The lowest BCUT2D eigenvalue weighted by atomic mass is 10.0. The topological polar surface area (TPSA) is 72.3 Å². The fourth-order valence-electron chi connectivity index (χ4n) is 1.15. The van der Waals surface area contributed by atoms with E-state index in [0.717, 1.165) is 12.0 Å². The summed E-state index contributed by atoms with van der Waals surface area (Å²) >= 11 is 6.50. The van der Waals surface area contributed by atoms with Gasteiger partial charge in [-0.15, -0.1) is 12.4 Å². The van der Waals surface area contributed by atoms with Crippen LogP contribution in [0.4, 0.5) is 0 Å². The minimum absolute atomic E-state index is 0. The van der Waals surface area contributed by atoms with E-state index in [1.807, 2.05) is 0 Å². The second-order valence-electron chi connectivity index (χ2n) is 3.02. The summed E-state index contributed by atoms with van der Waals surface area (Å²) in [4.78, 5) is 0. The predicted molar refractivity (Wildman–Crippen MR) is 71.4 cm³/mol. The highest BCUT2D eigenvalue weighted by molar-refractivity contribution is 9.11. The summed E-state index contributed by atoms with van der Waals surface area (Å²) in [7, 11) is 0. The number of benzene rings is 1. The zero-order valence-corrected chi connectivity index (χ0v) is 11.9. The first-order valence-corrected chi connectivity index (χ1v) is 5.78. The molecule has 1 atom stereocenters. The van der Waals surface area contributed by atoms with Gasteiger partial charge in [0.1, 0.15) is 5.75 Å². The van der Waals surface area contributed by atoms with Crippen LogP contribution in [0.3, 0.4) is 0 Å². The molecule has 5 N–H and O–H groups in total. The van der Waals surface area contributed by atoms with Crippen LogP contribution in [0.15, 0.2) is 21.1 Å². The third-order valence-corrected chi connectivity index (χ3v) is 3.15. The van der Waals surface area contributed by atoms with Crippen LogP contribution in [-0.2, 0) is 0 Å². The van der Waals surface area contributed by atoms with Crippen molar-refractivity contribution in [3.8, 4) is 5.75 Å². The number of phenolic OH excluding ortho intramolecular Hbond substituents is 1. The van der Waals surface area contributed by atoms with Crippen molar-refractivity contribution in [1.82, 2.24) is 0 Å². The van der Waals surface area contributed by atoms with E-state index in [2.05, 4.69) is 31.9 Å². The van der Waals surface area contributed by atoms with Gasteiger partial charge < -0.3 is 16.6 Å². The van der Waals surface area contributed by atoms with E-state index in [0.29, 0.717) is 15.5 Å². The van der Waals surface area contributed by atoms with Crippen molar-refractivity contribution in [1.29, 1.82) is 0 Å². The van der Waals surface area contributed by atoms with Crippen LogP contribution in [0.25, 0.3) is 0 Å². The number of hydrogen-bond acceptors (Lipinski definition) is 3. The van der Waals surface area contributed by atoms with Crippen LogP contribution < -0.4 is 11.5 Å². The molecular formula is C9H13Br2ClN2O. The van der Waals surface area contributed by atoms with Crippen molar-refractivity contribution in [2.45, 2.75) is 12.5 Å². The predicted octanol–water partition coefficient (Wildman–Crippen LogP) is 2.69. The van der Waals surface area contributed by atoms with Crippen LogP contribution in [-0.4, -0.2) is 11.7 Å². The molecule has 15 heavy (non-hydrogen) atoms. The lowest BCUT2D eigenvalue weighted by molar-refractivity contribution is 0.467. The Morgan fingerprint density at radius 3 is 2.13 bits per heavy atom. The summed E-state index contributed by atoms with van der Waals surface area (Å²) in [6.07, 6.45) is 0.726. The number of hydrogen-bond donors (Lipinski definition) is 3. The van der Waals surface area contributed by atoms with Gasteiger partial charge in [0.2, 0.25) is 0 Å². The van der Waals surface area contributed by atoms with E-state index in [-0.39, 0.29) is 24.2 Å². The van der Waals surface area contributed by atoms with Crippen LogP contribution in [0.1, 0.15) is 18.0 Å². The highest BCUT2D eigenvalue weighted by Crippen LogP contribution is 2.35. The molecule has 0 aliphatic heterocycles. The number of aromatic hydroxyl groups is 1. The first-order chi connectivity index (χ1) is 6.56. The normalized spacial score (nSPS) is 12.0. The van der Waals surface area contributed by atoms with Gasteiger partial charge >= 0.3 is 0 Å². The molecule has 3 nitrogen and oxygen atoms in total. The third kappa shape index (κ3) is 3.92. The second kappa shape index (κ2) is 6.70. The van der Waals surface area contributed by atoms with Crippen molar-refractivity contribution >= 4 is 44.3 Å².